The van der Waals surface area contributed by atoms with Gasteiger partial charge in [0.15, 0.2) is 5.96 Å². The Balaban J connectivity index is 0.000000551. The predicted molar refractivity (Wildman–Crippen MR) is 125 cm³/mol. The molecule has 1 amide bonds. The number of nitrogens with two attached hydrogens (primary N) is 3. The number of guanidine groups is 1. The molecule has 1 rings (SSSR count). The summed E-state index contributed by atoms with van der Waals surface area (Å²) in [6, 6.07) is 8.29. The number of hydrogen-bond donors (Lipinski definition) is 4. The molecule has 0 saturated carbocycles. The molecular weight excluding hydrogens is 362 g/mol. The highest BCUT2D eigenvalue weighted by Gasteiger charge is 2.20. The van der Waals surface area contributed by atoms with Gasteiger partial charge in [0.1, 0.15) is 0 Å². The van der Waals surface area contributed by atoms with E-state index in [1.54, 1.807) is 7.05 Å². The first-order valence-electron chi connectivity index (χ1n) is 10.4. The monoisotopic (exact) mass is 403 g/mol. The zero-order valence-corrected chi connectivity index (χ0v) is 18.9. The average Bonchev–Trinajstić information content (AvgIpc) is 2.64. The van der Waals surface area contributed by atoms with Gasteiger partial charge in [0.25, 0.3) is 0 Å². The molecule has 1 atom stereocenters. The molecule has 6 nitrogen and oxygen atoms in total. The molecule has 0 bridgehead atoms. The number of benzene rings is 1. The van der Waals surface area contributed by atoms with Gasteiger partial charge in [0, 0.05) is 25.2 Å². The highest BCUT2D eigenvalue weighted by atomic mass is 16.1. The maximum absolute atomic E-state index is 11.5. The molecule has 0 aromatic heterocycles. The third-order valence-corrected chi connectivity index (χ3v) is 4.57. The van der Waals surface area contributed by atoms with E-state index in [1.807, 2.05) is 12.1 Å². The Bertz CT molecular complexity index is 631. The number of nitrogens with one attached hydrogen (secondary N) is 1. The van der Waals surface area contributed by atoms with Crippen LogP contribution in [0.3, 0.4) is 0 Å². The van der Waals surface area contributed by atoms with Crippen molar-refractivity contribution in [3.05, 3.63) is 42.0 Å². The number of rotatable bonds is 10. The number of amides is 1. The van der Waals surface area contributed by atoms with E-state index in [2.05, 4.69) is 56.7 Å². The summed E-state index contributed by atoms with van der Waals surface area (Å²) >= 11 is 0. The third-order valence-electron chi connectivity index (χ3n) is 4.57. The first-order chi connectivity index (χ1) is 13.6. The molecule has 0 spiro atoms. The molecule has 0 radical (unpaired) electrons. The Kier molecular flexibility index (Phi) is 13.2. The van der Waals surface area contributed by atoms with Crippen LogP contribution in [0.5, 0.6) is 0 Å². The lowest BCUT2D eigenvalue weighted by Crippen LogP contribution is -2.30. The van der Waals surface area contributed by atoms with E-state index in [0.717, 1.165) is 31.2 Å². The van der Waals surface area contributed by atoms with Gasteiger partial charge in [0.05, 0.1) is 0 Å². The van der Waals surface area contributed by atoms with E-state index in [-0.39, 0.29) is 17.8 Å². The highest BCUT2D eigenvalue weighted by molar-refractivity contribution is 5.78. The molecule has 164 valence electrons. The van der Waals surface area contributed by atoms with Gasteiger partial charge in [-0.25, -0.2) is 0 Å². The van der Waals surface area contributed by atoms with E-state index in [4.69, 9.17) is 17.2 Å². The second kappa shape index (κ2) is 14.5. The van der Waals surface area contributed by atoms with Gasteiger partial charge in [0.2, 0.25) is 5.91 Å². The summed E-state index contributed by atoms with van der Waals surface area (Å²) < 4.78 is 0. The Labute approximate surface area is 177 Å². The van der Waals surface area contributed by atoms with Gasteiger partial charge >= 0.3 is 0 Å². The van der Waals surface area contributed by atoms with Crippen LogP contribution in [0.1, 0.15) is 58.1 Å². The second-order valence-electron chi connectivity index (χ2n) is 8.09. The summed E-state index contributed by atoms with van der Waals surface area (Å²) in [6.45, 7) is 12.9. The first kappa shape index (κ1) is 26.5. The molecule has 0 unspecified atom stereocenters. The minimum atomic E-state index is 0.0872. The molecule has 6 heteroatoms. The molecule has 29 heavy (non-hydrogen) atoms. The van der Waals surface area contributed by atoms with E-state index in [1.165, 1.54) is 5.56 Å². The van der Waals surface area contributed by atoms with Gasteiger partial charge in [-0.3, -0.25) is 9.79 Å². The lowest BCUT2D eigenvalue weighted by molar-refractivity contribution is -0.126. The summed E-state index contributed by atoms with van der Waals surface area (Å²) in [5, 5.41) is 2.70. The van der Waals surface area contributed by atoms with Crippen LogP contribution in [-0.4, -0.2) is 25.5 Å². The lowest BCUT2D eigenvalue weighted by atomic mass is 9.90. The minimum Gasteiger partial charge on any atom is -0.399 e. The fourth-order valence-electron chi connectivity index (χ4n) is 2.96. The Morgan fingerprint density at radius 3 is 2.07 bits per heavy atom. The third kappa shape index (κ3) is 12.5. The van der Waals surface area contributed by atoms with Crippen molar-refractivity contribution in [3.8, 4) is 0 Å². The van der Waals surface area contributed by atoms with Crippen molar-refractivity contribution >= 4 is 17.6 Å². The van der Waals surface area contributed by atoms with E-state index >= 15 is 0 Å². The first-order valence-corrected chi connectivity index (χ1v) is 10.4. The topological polar surface area (TPSA) is 120 Å². The van der Waals surface area contributed by atoms with E-state index in [9.17, 15) is 4.79 Å². The Morgan fingerprint density at radius 1 is 1.07 bits per heavy atom. The molecule has 0 aliphatic heterocycles. The van der Waals surface area contributed by atoms with Crippen molar-refractivity contribution in [1.29, 1.82) is 0 Å². The lowest BCUT2D eigenvalue weighted by Gasteiger charge is -2.18. The van der Waals surface area contributed by atoms with Gasteiger partial charge in [-0.15, -0.1) is 0 Å². The fourth-order valence-corrected chi connectivity index (χ4v) is 2.96. The molecule has 0 fully saturated rings. The number of hydrogen-bond acceptors (Lipinski definition) is 3. The molecule has 0 saturated heterocycles. The number of carbonyl (C=O) groups excluding carboxylic acids is 1. The second-order valence-corrected chi connectivity index (χ2v) is 8.09. The quantitative estimate of drug-likeness (QED) is 0.272. The van der Waals surface area contributed by atoms with E-state index in [0.29, 0.717) is 24.1 Å². The van der Waals surface area contributed by atoms with Crippen LogP contribution in [0.15, 0.2) is 35.8 Å². The van der Waals surface area contributed by atoms with E-state index < -0.39 is 0 Å². The van der Waals surface area contributed by atoms with Crippen molar-refractivity contribution in [2.24, 2.45) is 39.9 Å². The summed E-state index contributed by atoms with van der Waals surface area (Å²) in [5.74, 6) is 1.41. The van der Waals surface area contributed by atoms with Crippen LogP contribution in [0.2, 0.25) is 0 Å². The number of carbonyl (C=O) groups is 1. The molecule has 0 aliphatic rings. The summed E-state index contributed by atoms with van der Waals surface area (Å²) in [4.78, 5) is 15.4. The summed E-state index contributed by atoms with van der Waals surface area (Å²) in [5.41, 5.74) is 19.0. The van der Waals surface area contributed by atoms with Crippen molar-refractivity contribution in [3.63, 3.8) is 0 Å². The average molecular weight is 404 g/mol. The normalized spacial score (nSPS) is 11.4. The number of aliphatic imine (C=N–C) groups is 1. The molecule has 1 aromatic rings. The molecule has 0 aliphatic carbocycles. The highest BCUT2D eigenvalue weighted by Crippen LogP contribution is 2.18. The summed E-state index contributed by atoms with van der Waals surface area (Å²) in [6.07, 6.45) is 3.89. The Hall–Kier alpha value is -2.50. The Morgan fingerprint density at radius 2 is 1.66 bits per heavy atom. The van der Waals surface area contributed by atoms with Crippen molar-refractivity contribution in [1.82, 2.24) is 5.32 Å². The zero-order valence-electron chi connectivity index (χ0n) is 18.9. The zero-order chi connectivity index (χ0) is 22.4. The maximum atomic E-state index is 11.5. The maximum Gasteiger partial charge on any atom is 0.223 e. The van der Waals surface area contributed by atoms with Crippen molar-refractivity contribution < 1.29 is 4.79 Å². The van der Waals surface area contributed by atoms with Crippen LogP contribution in [0.25, 0.3) is 5.70 Å². The van der Waals surface area contributed by atoms with Gasteiger partial charge in [-0.05, 0) is 42.2 Å². The summed E-state index contributed by atoms with van der Waals surface area (Å²) in [7, 11) is 1.68. The molecular formula is C23H41N5O. The molecule has 1 aromatic carbocycles. The van der Waals surface area contributed by atoms with Crippen LogP contribution >= 0.6 is 0 Å². The molecule has 7 N–H and O–H groups in total. The molecule has 0 heterocycles. The van der Waals surface area contributed by atoms with Crippen LogP contribution in [0, 0.1) is 17.8 Å². The van der Waals surface area contributed by atoms with Crippen LogP contribution in [-0.2, 0) is 11.2 Å². The minimum absolute atomic E-state index is 0.0872. The van der Waals surface area contributed by atoms with Crippen LogP contribution in [0.4, 0.5) is 0 Å². The van der Waals surface area contributed by atoms with Crippen molar-refractivity contribution in [2.75, 3.05) is 13.6 Å². The van der Waals surface area contributed by atoms with Gasteiger partial charge in [-0.1, -0.05) is 65.0 Å². The predicted octanol–water partition coefficient (Wildman–Crippen LogP) is 3.26. The fraction of sp³-hybridized carbons (Fsp3) is 0.565. The van der Waals surface area contributed by atoms with Crippen LogP contribution < -0.4 is 22.5 Å². The number of unbranched alkanes of at least 4 members (excludes halogenated alkanes) is 1. The number of nitrogens with zero attached hydrogens (tertiary/aromatic N) is 1. The SMILES string of the molecule is C=C(N)c1ccc(CC(C)C)cc1.CNC(=O)[C@H](CCCCN=C(N)N)C(C)C. The largest absolute Gasteiger partial charge is 0.399 e. The standard InChI is InChI=1S/C12H17N.C11H24N4O/c1-9(2)8-11-4-6-12(7-5-11)10(3)13;1-8(2)9(10(16)14-3)6-4-5-7-15-11(12)13/h4-7,9H,3,8,13H2,1-2H3;8-9H,4-7H2,1-3H3,(H,14,16)(H4,12,13,15)/t;9-/m.1/s1. The smallest absolute Gasteiger partial charge is 0.223 e. The van der Waals surface area contributed by atoms with Gasteiger partial charge < -0.3 is 22.5 Å². The van der Waals surface area contributed by atoms with Gasteiger partial charge in [-0.2, -0.15) is 0 Å². The van der Waals surface area contributed by atoms with Crippen molar-refractivity contribution in [2.45, 2.75) is 53.4 Å².